The molecule has 0 atom stereocenters. The Kier molecular flexibility index (Phi) is 13.3. The molecule has 0 unspecified atom stereocenters. The standard InChI is InChI=1S/C8H19O2P.C6H6/c1-4-7-8-11(9-5-2)10-6-3;1-2-4-6-5-3-1/h4-8H2,1-3H3;1-6H. The first kappa shape index (κ1) is 16.6. The third-order valence-electron chi connectivity index (χ3n) is 1.91. The maximum absolute atomic E-state index is 5.43. The Balaban J connectivity index is 0.000000354. The topological polar surface area (TPSA) is 18.5 Å². The van der Waals surface area contributed by atoms with Crippen molar-refractivity contribution < 1.29 is 9.05 Å². The van der Waals surface area contributed by atoms with E-state index in [1.54, 1.807) is 0 Å². The smallest absolute Gasteiger partial charge is 0.170 e. The van der Waals surface area contributed by atoms with Gasteiger partial charge in [-0.2, -0.15) is 0 Å². The van der Waals surface area contributed by atoms with Crippen LogP contribution in [0.25, 0.3) is 0 Å². The van der Waals surface area contributed by atoms with Gasteiger partial charge in [-0.05, 0) is 20.3 Å². The zero-order valence-electron chi connectivity index (χ0n) is 11.3. The number of benzene rings is 1. The molecule has 0 aromatic heterocycles. The minimum absolute atomic E-state index is 0.567. The average Bonchev–Trinajstić information content (AvgIpc) is 2.39. The first-order chi connectivity index (χ1) is 8.35. The van der Waals surface area contributed by atoms with Crippen LogP contribution in [-0.2, 0) is 9.05 Å². The first-order valence-corrected chi connectivity index (χ1v) is 7.74. The van der Waals surface area contributed by atoms with Gasteiger partial charge in [-0.1, -0.05) is 49.7 Å². The molecule has 2 nitrogen and oxygen atoms in total. The minimum Gasteiger partial charge on any atom is -0.334 e. The van der Waals surface area contributed by atoms with E-state index in [9.17, 15) is 0 Å². The SMILES string of the molecule is CCCCP(OCC)OCC.c1ccccc1. The molecule has 0 fully saturated rings. The van der Waals surface area contributed by atoms with Crippen LogP contribution in [0, 0.1) is 0 Å². The molecule has 0 spiro atoms. The zero-order valence-corrected chi connectivity index (χ0v) is 12.2. The monoisotopic (exact) mass is 256 g/mol. The predicted octanol–water partition coefficient (Wildman–Crippen LogP) is 4.86. The lowest BCUT2D eigenvalue weighted by atomic mass is 10.4. The molecule has 17 heavy (non-hydrogen) atoms. The van der Waals surface area contributed by atoms with E-state index >= 15 is 0 Å². The van der Waals surface area contributed by atoms with Gasteiger partial charge in [0.05, 0.1) is 13.2 Å². The van der Waals surface area contributed by atoms with Crippen LogP contribution in [0.2, 0.25) is 0 Å². The van der Waals surface area contributed by atoms with E-state index in [4.69, 9.17) is 9.05 Å². The Morgan fingerprint density at radius 2 is 1.18 bits per heavy atom. The molecule has 0 aliphatic rings. The molecule has 3 heteroatoms. The van der Waals surface area contributed by atoms with Gasteiger partial charge in [-0.25, -0.2) is 0 Å². The summed E-state index contributed by atoms with van der Waals surface area (Å²) in [5.74, 6) is 0. The number of hydrogen-bond acceptors (Lipinski definition) is 2. The van der Waals surface area contributed by atoms with Crippen LogP contribution in [0.1, 0.15) is 33.6 Å². The summed E-state index contributed by atoms with van der Waals surface area (Å²) in [7, 11) is -0.567. The molecule has 0 bridgehead atoms. The van der Waals surface area contributed by atoms with E-state index < -0.39 is 8.38 Å². The largest absolute Gasteiger partial charge is 0.334 e. The average molecular weight is 256 g/mol. The second-order valence-corrected chi connectivity index (χ2v) is 5.03. The number of rotatable bonds is 7. The molecule has 1 rings (SSSR count). The summed E-state index contributed by atoms with van der Waals surface area (Å²) in [6.07, 6.45) is 3.53. The maximum Gasteiger partial charge on any atom is 0.170 e. The van der Waals surface area contributed by atoms with Gasteiger partial charge in [0.1, 0.15) is 0 Å². The Hall–Kier alpha value is -0.430. The maximum atomic E-state index is 5.43. The fraction of sp³-hybridized carbons (Fsp3) is 0.571. The summed E-state index contributed by atoms with van der Waals surface area (Å²) < 4.78 is 10.9. The highest BCUT2D eigenvalue weighted by atomic mass is 31.2. The van der Waals surface area contributed by atoms with E-state index in [-0.39, 0.29) is 0 Å². The lowest BCUT2D eigenvalue weighted by molar-refractivity contribution is 0.269. The van der Waals surface area contributed by atoms with E-state index in [1.165, 1.54) is 12.8 Å². The number of unbranched alkanes of at least 4 members (excludes halogenated alkanes) is 1. The summed E-state index contributed by atoms with van der Waals surface area (Å²) in [6.45, 7) is 7.76. The molecule has 0 saturated heterocycles. The van der Waals surface area contributed by atoms with Crippen LogP contribution < -0.4 is 0 Å². The van der Waals surface area contributed by atoms with Gasteiger partial charge in [0.2, 0.25) is 0 Å². The Morgan fingerprint density at radius 3 is 1.47 bits per heavy atom. The fourth-order valence-corrected chi connectivity index (χ4v) is 2.61. The molecule has 0 amide bonds. The zero-order chi connectivity index (χ0) is 12.8. The Labute approximate surface area is 107 Å². The van der Waals surface area contributed by atoms with Crippen molar-refractivity contribution in [3.63, 3.8) is 0 Å². The molecular formula is C14H25O2P. The molecular weight excluding hydrogens is 231 g/mol. The van der Waals surface area contributed by atoms with Gasteiger partial charge < -0.3 is 9.05 Å². The van der Waals surface area contributed by atoms with Crippen LogP contribution in [0.3, 0.4) is 0 Å². The summed E-state index contributed by atoms with van der Waals surface area (Å²) >= 11 is 0. The molecule has 98 valence electrons. The van der Waals surface area contributed by atoms with E-state index in [2.05, 4.69) is 6.92 Å². The van der Waals surface area contributed by atoms with Crippen molar-refractivity contribution >= 4 is 8.38 Å². The lowest BCUT2D eigenvalue weighted by Gasteiger charge is -2.14. The van der Waals surface area contributed by atoms with Crippen LogP contribution in [0.4, 0.5) is 0 Å². The summed E-state index contributed by atoms with van der Waals surface area (Å²) in [5.41, 5.74) is 0. The van der Waals surface area contributed by atoms with Gasteiger partial charge in [0.25, 0.3) is 0 Å². The highest BCUT2D eigenvalue weighted by Crippen LogP contribution is 2.38. The fourth-order valence-electron chi connectivity index (χ4n) is 1.13. The third kappa shape index (κ3) is 11.8. The minimum atomic E-state index is -0.567. The second-order valence-electron chi connectivity index (χ2n) is 3.40. The predicted molar refractivity (Wildman–Crippen MR) is 76.4 cm³/mol. The van der Waals surface area contributed by atoms with Gasteiger partial charge >= 0.3 is 0 Å². The molecule has 0 heterocycles. The van der Waals surface area contributed by atoms with Gasteiger partial charge in [0, 0.05) is 6.16 Å². The summed E-state index contributed by atoms with van der Waals surface area (Å²) in [6, 6.07) is 12.0. The highest BCUT2D eigenvalue weighted by Gasteiger charge is 2.06. The number of hydrogen-bond donors (Lipinski definition) is 0. The molecule has 0 saturated carbocycles. The van der Waals surface area contributed by atoms with Crippen molar-refractivity contribution in [2.75, 3.05) is 19.4 Å². The normalized spacial score (nSPS) is 9.88. The third-order valence-corrected chi connectivity index (χ3v) is 3.68. The molecule has 0 radical (unpaired) electrons. The van der Waals surface area contributed by atoms with Crippen molar-refractivity contribution in [1.29, 1.82) is 0 Å². The van der Waals surface area contributed by atoms with Crippen molar-refractivity contribution in [1.82, 2.24) is 0 Å². The van der Waals surface area contributed by atoms with Crippen LogP contribution in [-0.4, -0.2) is 19.4 Å². The summed E-state index contributed by atoms with van der Waals surface area (Å²) in [5, 5.41) is 0. The summed E-state index contributed by atoms with van der Waals surface area (Å²) in [4.78, 5) is 0. The molecule has 0 aliphatic carbocycles. The van der Waals surface area contributed by atoms with Crippen LogP contribution in [0.5, 0.6) is 0 Å². The second kappa shape index (κ2) is 13.6. The van der Waals surface area contributed by atoms with Crippen molar-refractivity contribution in [3.05, 3.63) is 36.4 Å². The molecule has 1 aromatic rings. The van der Waals surface area contributed by atoms with Crippen LogP contribution in [0.15, 0.2) is 36.4 Å². The van der Waals surface area contributed by atoms with Crippen molar-refractivity contribution in [2.45, 2.75) is 33.6 Å². The lowest BCUT2D eigenvalue weighted by Crippen LogP contribution is -1.94. The molecule has 0 aliphatic heterocycles. The van der Waals surface area contributed by atoms with E-state index in [0.717, 1.165) is 19.4 Å². The Bertz CT molecular complexity index is 196. The van der Waals surface area contributed by atoms with Gasteiger partial charge in [0.15, 0.2) is 8.38 Å². The first-order valence-electron chi connectivity index (χ1n) is 6.38. The van der Waals surface area contributed by atoms with Crippen LogP contribution >= 0.6 is 8.38 Å². The van der Waals surface area contributed by atoms with Crippen molar-refractivity contribution in [3.8, 4) is 0 Å². The highest BCUT2D eigenvalue weighted by molar-refractivity contribution is 7.47. The molecule has 0 N–H and O–H groups in total. The van der Waals surface area contributed by atoms with Gasteiger partial charge in [-0.15, -0.1) is 0 Å². The van der Waals surface area contributed by atoms with E-state index in [0.29, 0.717) is 0 Å². The Morgan fingerprint density at radius 1 is 0.765 bits per heavy atom. The molecule has 1 aromatic carbocycles. The van der Waals surface area contributed by atoms with Gasteiger partial charge in [-0.3, -0.25) is 0 Å². The van der Waals surface area contributed by atoms with E-state index in [1.807, 2.05) is 50.2 Å². The van der Waals surface area contributed by atoms with Crippen molar-refractivity contribution in [2.24, 2.45) is 0 Å². The quantitative estimate of drug-likeness (QED) is 0.649.